The molecule has 3 amide bonds. The van der Waals surface area contributed by atoms with Crippen LogP contribution in [0.15, 0.2) is 40.8 Å². The molecule has 0 saturated heterocycles. The second-order valence-electron chi connectivity index (χ2n) is 5.14. The summed E-state index contributed by atoms with van der Waals surface area (Å²) in [6, 6.07) is 5.11. The minimum Gasteiger partial charge on any atom is -0.341 e. The van der Waals surface area contributed by atoms with Gasteiger partial charge in [0.1, 0.15) is 17.2 Å². The van der Waals surface area contributed by atoms with Gasteiger partial charge in [0.05, 0.1) is 11.7 Å². The van der Waals surface area contributed by atoms with Crippen LogP contribution < -0.4 is 16.2 Å². The van der Waals surface area contributed by atoms with Crippen LogP contribution in [0.5, 0.6) is 0 Å². The molecule has 0 atom stereocenters. The highest BCUT2D eigenvalue weighted by Gasteiger charge is 2.15. The Kier molecular flexibility index (Phi) is 4.57. The third-order valence-corrected chi connectivity index (χ3v) is 4.40. The molecular formula is C16H13FN4O3S. The smallest absolute Gasteiger partial charge is 0.321 e. The minimum atomic E-state index is -0.658. The molecule has 3 rings (SSSR count). The quantitative estimate of drug-likeness (QED) is 0.744. The Labute approximate surface area is 145 Å². The molecule has 2 heterocycles. The fraction of sp³-hybridized carbons (Fsp3) is 0.125. The van der Waals surface area contributed by atoms with Crippen molar-refractivity contribution in [2.75, 3.05) is 7.05 Å². The third kappa shape index (κ3) is 3.41. The first kappa shape index (κ1) is 16.8. The van der Waals surface area contributed by atoms with Crippen molar-refractivity contribution in [3.63, 3.8) is 0 Å². The van der Waals surface area contributed by atoms with Crippen molar-refractivity contribution in [1.82, 2.24) is 20.2 Å². The lowest BCUT2D eigenvalue weighted by atomic mass is 10.1. The molecule has 7 nitrogen and oxygen atoms in total. The van der Waals surface area contributed by atoms with E-state index in [0.717, 1.165) is 4.57 Å². The van der Waals surface area contributed by atoms with Crippen molar-refractivity contribution in [2.24, 2.45) is 0 Å². The van der Waals surface area contributed by atoms with Crippen molar-refractivity contribution in [1.29, 1.82) is 0 Å². The fourth-order valence-electron chi connectivity index (χ4n) is 2.31. The summed E-state index contributed by atoms with van der Waals surface area (Å²) >= 11 is 1.29. The molecule has 0 aliphatic heterocycles. The van der Waals surface area contributed by atoms with Crippen molar-refractivity contribution in [3.8, 4) is 11.1 Å². The number of benzene rings is 1. The predicted molar refractivity (Wildman–Crippen MR) is 91.9 cm³/mol. The monoisotopic (exact) mass is 360 g/mol. The van der Waals surface area contributed by atoms with E-state index in [9.17, 15) is 18.8 Å². The number of carbonyl (C=O) groups is 2. The number of nitrogens with one attached hydrogen (secondary N) is 2. The summed E-state index contributed by atoms with van der Waals surface area (Å²) in [6.07, 6.45) is 1.26. The Bertz CT molecular complexity index is 1010. The highest BCUT2D eigenvalue weighted by atomic mass is 32.1. The predicted octanol–water partition coefficient (Wildman–Crippen LogP) is 1.72. The highest BCUT2D eigenvalue weighted by molar-refractivity contribution is 7.17. The zero-order chi connectivity index (χ0) is 18.0. The second-order valence-corrected chi connectivity index (χ2v) is 6.00. The Morgan fingerprint density at radius 3 is 2.68 bits per heavy atom. The van der Waals surface area contributed by atoms with Crippen molar-refractivity contribution in [2.45, 2.75) is 6.54 Å². The minimum absolute atomic E-state index is 0.339. The summed E-state index contributed by atoms with van der Waals surface area (Å²) in [4.78, 5) is 40.4. The van der Waals surface area contributed by atoms with Gasteiger partial charge in [-0.05, 0) is 17.7 Å². The maximum atomic E-state index is 13.1. The number of hydrogen-bond acceptors (Lipinski definition) is 5. The number of thiophene rings is 1. The zero-order valence-electron chi connectivity index (χ0n) is 13.1. The van der Waals surface area contributed by atoms with E-state index in [1.54, 1.807) is 17.5 Å². The lowest BCUT2D eigenvalue weighted by Gasteiger charge is -2.06. The first-order valence-electron chi connectivity index (χ1n) is 7.23. The van der Waals surface area contributed by atoms with E-state index in [4.69, 9.17) is 0 Å². The number of halogens is 1. The number of nitrogens with zero attached hydrogens (tertiary/aromatic N) is 2. The first-order chi connectivity index (χ1) is 12.0. The molecule has 3 aromatic rings. The Hall–Kier alpha value is -3.07. The normalized spacial score (nSPS) is 10.6. The van der Waals surface area contributed by atoms with Crippen LogP contribution >= 0.6 is 11.3 Å². The number of amides is 3. The number of urea groups is 1. The lowest BCUT2D eigenvalue weighted by molar-refractivity contribution is -0.120. The molecule has 0 saturated carbocycles. The van der Waals surface area contributed by atoms with Crippen LogP contribution in [0.25, 0.3) is 21.3 Å². The topological polar surface area (TPSA) is 93.1 Å². The molecule has 0 fully saturated rings. The van der Waals surface area contributed by atoms with Gasteiger partial charge in [-0.2, -0.15) is 0 Å². The summed E-state index contributed by atoms with van der Waals surface area (Å²) in [5.41, 5.74) is 0.898. The molecule has 0 bridgehead atoms. The van der Waals surface area contributed by atoms with Gasteiger partial charge in [-0.15, -0.1) is 11.3 Å². The maximum Gasteiger partial charge on any atom is 0.321 e. The van der Waals surface area contributed by atoms with Gasteiger partial charge in [0.15, 0.2) is 0 Å². The Morgan fingerprint density at radius 1 is 1.28 bits per heavy atom. The summed E-state index contributed by atoms with van der Waals surface area (Å²) in [5, 5.41) is 6.46. The van der Waals surface area contributed by atoms with Crippen molar-refractivity contribution in [3.05, 3.63) is 52.1 Å². The van der Waals surface area contributed by atoms with Gasteiger partial charge >= 0.3 is 6.03 Å². The maximum absolute atomic E-state index is 13.1. The van der Waals surface area contributed by atoms with E-state index in [1.165, 1.54) is 36.8 Å². The largest absolute Gasteiger partial charge is 0.341 e. The number of aromatic nitrogens is 2. The zero-order valence-corrected chi connectivity index (χ0v) is 13.9. The molecule has 128 valence electrons. The standard InChI is InChI=1S/C16H13FN4O3S/c1-18-16(24)20-12(22)6-21-8-19-14-13(15(21)23)11(7-25-14)9-2-4-10(17)5-3-9/h2-5,7-8H,6H2,1H3,(H2,18,20,22,24). The van der Waals surface area contributed by atoms with Gasteiger partial charge in [-0.3, -0.25) is 19.5 Å². The molecule has 1 aromatic carbocycles. The van der Waals surface area contributed by atoms with Crippen LogP contribution in [0.3, 0.4) is 0 Å². The number of hydrogen-bond donors (Lipinski definition) is 2. The summed E-state index contributed by atoms with van der Waals surface area (Å²) in [5.74, 6) is -1.01. The summed E-state index contributed by atoms with van der Waals surface area (Å²) < 4.78 is 14.2. The molecule has 2 N–H and O–H groups in total. The van der Waals surface area contributed by atoms with E-state index < -0.39 is 17.5 Å². The molecule has 0 unspecified atom stereocenters. The van der Waals surface area contributed by atoms with Crippen molar-refractivity contribution >= 4 is 33.5 Å². The van der Waals surface area contributed by atoms with Gasteiger partial charge in [0.25, 0.3) is 5.56 Å². The average molecular weight is 360 g/mol. The van der Waals surface area contributed by atoms with Crippen LogP contribution in [-0.4, -0.2) is 28.5 Å². The number of rotatable bonds is 3. The summed E-state index contributed by atoms with van der Waals surface area (Å²) in [7, 11) is 1.38. The molecular weight excluding hydrogens is 347 g/mol. The van der Waals surface area contributed by atoms with Gasteiger partial charge < -0.3 is 5.32 Å². The van der Waals surface area contributed by atoms with Gasteiger partial charge in [0.2, 0.25) is 5.91 Å². The van der Waals surface area contributed by atoms with Crippen LogP contribution in [0.2, 0.25) is 0 Å². The number of carbonyl (C=O) groups excluding carboxylic acids is 2. The van der Waals surface area contributed by atoms with E-state index in [0.29, 0.717) is 21.3 Å². The molecule has 9 heteroatoms. The van der Waals surface area contributed by atoms with Gasteiger partial charge in [0, 0.05) is 18.0 Å². The second kappa shape index (κ2) is 6.81. The van der Waals surface area contributed by atoms with Crippen LogP contribution in [0.4, 0.5) is 9.18 Å². The molecule has 25 heavy (non-hydrogen) atoms. The average Bonchev–Trinajstić information content (AvgIpc) is 3.02. The number of fused-ring (bicyclic) bond motifs is 1. The fourth-order valence-corrected chi connectivity index (χ4v) is 3.21. The SMILES string of the molecule is CNC(=O)NC(=O)Cn1cnc2scc(-c3ccc(F)cc3)c2c1=O. The van der Waals surface area contributed by atoms with Gasteiger partial charge in [-0.1, -0.05) is 12.1 Å². The molecule has 2 aromatic heterocycles. The Balaban J connectivity index is 2.00. The van der Waals surface area contributed by atoms with Crippen molar-refractivity contribution < 1.29 is 14.0 Å². The van der Waals surface area contributed by atoms with E-state index in [2.05, 4.69) is 15.6 Å². The van der Waals surface area contributed by atoms with E-state index in [1.807, 2.05) is 0 Å². The third-order valence-electron chi connectivity index (χ3n) is 3.51. The summed E-state index contributed by atoms with van der Waals surface area (Å²) in [6.45, 7) is -0.339. The molecule has 0 radical (unpaired) electrons. The molecule has 0 spiro atoms. The van der Waals surface area contributed by atoms with Gasteiger partial charge in [-0.25, -0.2) is 14.2 Å². The van der Waals surface area contributed by atoms with Crippen LogP contribution in [0.1, 0.15) is 0 Å². The first-order valence-corrected chi connectivity index (χ1v) is 8.11. The molecule has 0 aliphatic rings. The molecule has 0 aliphatic carbocycles. The van der Waals surface area contributed by atoms with E-state index >= 15 is 0 Å². The lowest BCUT2D eigenvalue weighted by Crippen LogP contribution is -2.40. The highest BCUT2D eigenvalue weighted by Crippen LogP contribution is 2.30. The Morgan fingerprint density at radius 2 is 2.00 bits per heavy atom. The van der Waals surface area contributed by atoms with E-state index in [-0.39, 0.29) is 12.4 Å². The number of imide groups is 1. The van der Waals surface area contributed by atoms with Crippen LogP contribution in [-0.2, 0) is 11.3 Å². The van der Waals surface area contributed by atoms with Crippen LogP contribution in [0, 0.1) is 5.82 Å².